The lowest BCUT2D eigenvalue weighted by molar-refractivity contribution is -0.149. The Bertz CT molecular complexity index is 793. The zero-order chi connectivity index (χ0) is 16.6. The van der Waals surface area contributed by atoms with Crippen molar-refractivity contribution in [3.8, 4) is 0 Å². The van der Waals surface area contributed by atoms with E-state index in [1.165, 1.54) is 15.8 Å². The van der Waals surface area contributed by atoms with E-state index < -0.39 is 0 Å². The van der Waals surface area contributed by atoms with Crippen LogP contribution in [0.5, 0.6) is 0 Å². The average Bonchev–Trinajstić information content (AvgIpc) is 2.88. The van der Waals surface area contributed by atoms with Gasteiger partial charge in [0.15, 0.2) is 0 Å². The first-order valence-electron chi connectivity index (χ1n) is 8.18. The van der Waals surface area contributed by atoms with E-state index in [1.54, 1.807) is 11.3 Å². The van der Waals surface area contributed by atoms with Crippen LogP contribution in [0.25, 0.3) is 10.2 Å². The highest BCUT2D eigenvalue weighted by Crippen LogP contribution is 2.35. The Morgan fingerprint density at radius 3 is 3.09 bits per heavy atom. The van der Waals surface area contributed by atoms with Gasteiger partial charge in [-0.15, -0.1) is 11.3 Å². The van der Waals surface area contributed by atoms with Gasteiger partial charge in [-0.05, 0) is 44.1 Å². The van der Waals surface area contributed by atoms with Gasteiger partial charge in [-0.2, -0.15) is 0 Å². The summed E-state index contributed by atoms with van der Waals surface area (Å²) in [5.74, 6) is 0.267. The molecular formula is C17H22N2O3S. The van der Waals surface area contributed by atoms with Gasteiger partial charge in [0, 0.05) is 4.88 Å². The van der Waals surface area contributed by atoms with Crippen LogP contribution in [0.3, 0.4) is 0 Å². The zero-order valence-electron chi connectivity index (χ0n) is 13.8. The average molecular weight is 334 g/mol. The number of carbonyl (C=O) groups is 1. The maximum Gasteiger partial charge on any atom is 0.326 e. The molecule has 1 aliphatic carbocycles. The van der Waals surface area contributed by atoms with Crippen molar-refractivity contribution in [1.29, 1.82) is 0 Å². The second kappa shape index (κ2) is 6.43. The zero-order valence-corrected chi connectivity index (χ0v) is 14.6. The summed E-state index contributed by atoms with van der Waals surface area (Å²) in [4.78, 5) is 31.2. The maximum absolute atomic E-state index is 12.8. The minimum Gasteiger partial charge on any atom is -0.461 e. The molecule has 0 fully saturated rings. The topological polar surface area (TPSA) is 61.2 Å². The molecule has 0 saturated heterocycles. The molecule has 0 radical (unpaired) electrons. The van der Waals surface area contributed by atoms with Crippen molar-refractivity contribution in [2.75, 3.05) is 0 Å². The van der Waals surface area contributed by atoms with Crippen LogP contribution in [0, 0.1) is 5.92 Å². The lowest BCUT2D eigenvalue weighted by Crippen LogP contribution is -2.27. The fourth-order valence-electron chi connectivity index (χ4n) is 2.96. The normalized spacial score (nSPS) is 18.7. The molecule has 0 N–H and O–H groups in total. The summed E-state index contributed by atoms with van der Waals surface area (Å²) in [7, 11) is 0. The molecule has 124 valence electrons. The van der Waals surface area contributed by atoms with Crippen LogP contribution in [0.4, 0.5) is 0 Å². The minimum atomic E-state index is -0.389. The summed E-state index contributed by atoms with van der Waals surface area (Å²) < 4.78 is 6.63. The van der Waals surface area contributed by atoms with Crippen LogP contribution >= 0.6 is 11.3 Å². The third-order valence-electron chi connectivity index (χ3n) is 4.49. The summed E-state index contributed by atoms with van der Waals surface area (Å²) in [6.45, 7) is 5.96. The van der Waals surface area contributed by atoms with Crippen LogP contribution in [-0.2, 0) is 28.9 Å². The van der Waals surface area contributed by atoms with E-state index >= 15 is 0 Å². The van der Waals surface area contributed by atoms with Crippen LogP contribution in [0.1, 0.15) is 44.1 Å². The molecule has 1 aliphatic rings. The first-order valence-corrected chi connectivity index (χ1v) is 9.00. The lowest BCUT2D eigenvalue weighted by atomic mass is 9.89. The number of hydrogen-bond donors (Lipinski definition) is 0. The summed E-state index contributed by atoms with van der Waals surface area (Å²) >= 11 is 1.62. The Balaban J connectivity index is 1.93. The number of aromatic nitrogens is 2. The molecular weight excluding hydrogens is 312 g/mol. The van der Waals surface area contributed by atoms with Gasteiger partial charge in [-0.3, -0.25) is 14.2 Å². The van der Waals surface area contributed by atoms with Gasteiger partial charge in [-0.25, -0.2) is 4.98 Å². The molecule has 0 bridgehead atoms. The lowest BCUT2D eigenvalue weighted by Gasteiger charge is -2.17. The number of nitrogens with zero attached hydrogens (tertiary/aromatic N) is 2. The number of carbonyl (C=O) groups excluding carboxylic acids is 1. The maximum atomic E-state index is 12.8. The molecule has 0 aliphatic heterocycles. The summed E-state index contributed by atoms with van der Waals surface area (Å²) in [6.07, 6.45) is 5.14. The largest absolute Gasteiger partial charge is 0.461 e. The molecule has 3 rings (SSSR count). The van der Waals surface area contributed by atoms with Gasteiger partial charge in [0.25, 0.3) is 5.56 Å². The Morgan fingerprint density at radius 1 is 1.57 bits per heavy atom. The number of rotatable bonds is 4. The second-order valence-corrected chi connectivity index (χ2v) is 7.50. The van der Waals surface area contributed by atoms with E-state index in [0.29, 0.717) is 11.3 Å². The first kappa shape index (κ1) is 16.2. The third kappa shape index (κ3) is 3.17. The Morgan fingerprint density at radius 2 is 2.35 bits per heavy atom. The van der Waals surface area contributed by atoms with E-state index in [4.69, 9.17) is 4.74 Å². The molecule has 0 unspecified atom stereocenters. The second-order valence-electron chi connectivity index (χ2n) is 6.42. The summed E-state index contributed by atoms with van der Waals surface area (Å²) in [5.41, 5.74) is 1.02. The molecule has 0 spiro atoms. The molecule has 23 heavy (non-hydrogen) atoms. The molecule has 6 heteroatoms. The molecule has 2 atom stereocenters. The Labute approximate surface area is 139 Å². The van der Waals surface area contributed by atoms with Crippen LogP contribution < -0.4 is 5.56 Å². The van der Waals surface area contributed by atoms with Crippen molar-refractivity contribution < 1.29 is 9.53 Å². The van der Waals surface area contributed by atoms with Crippen LogP contribution in [0.15, 0.2) is 11.1 Å². The molecule has 0 amide bonds. The molecule has 5 nitrogen and oxygen atoms in total. The highest BCUT2D eigenvalue weighted by atomic mass is 32.1. The predicted molar refractivity (Wildman–Crippen MR) is 90.9 cm³/mol. The van der Waals surface area contributed by atoms with Crippen molar-refractivity contribution >= 4 is 27.5 Å². The number of aryl methyl sites for hydroxylation is 1. The number of esters is 1. The summed E-state index contributed by atoms with van der Waals surface area (Å²) in [5, 5.41) is 0.704. The van der Waals surface area contributed by atoms with Gasteiger partial charge in [0.1, 0.15) is 11.4 Å². The highest BCUT2D eigenvalue weighted by Gasteiger charge is 2.23. The van der Waals surface area contributed by atoms with Crippen molar-refractivity contribution in [2.24, 2.45) is 5.92 Å². The number of thiophene rings is 1. The van der Waals surface area contributed by atoms with Crippen molar-refractivity contribution in [3.05, 3.63) is 27.1 Å². The standard InChI is InChI=1S/C17H22N2O3S/c1-4-11(3)22-14(20)8-19-9-18-16-15(17(19)21)12-6-5-10(2)7-13(12)23-16/h9-11H,4-8H2,1-3H3/t10-,11+/m0/s1. The first-order chi connectivity index (χ1) is 11.0. The molecule has 2 aromatic rings. The monoisotopic (exact) mass is 334 g/mol. The Kier molecular flexibility index (Phi) is 4.53. The number of hydrogen-bond acceptors (Lipinski definition) is 5. The fourth-order valence-corrected chi connectivity index (χ4v) is 4.30. The SMILES string of the molecule is CC[C@@H](C)OC(=O)Cn1cnc2sc3c(c2c1=O)CC[C@H](C)C3. The van der Waals surface area contributed by atoms with Crippen LogP contribution in [-0.4, -0.2) is 21.6 Å². The van der Waals surface area contributed by atoms with Crippen molar-refractivity contribution in [2.45, 2.75) is 59.1 Å². The van der Waals surface area contributed by atoms with Gasteiger partial charge < -0.3 is 4.74 Å². The molecule has 2 heterocycles. The van der Waals surface area contributed by atoms with Gasteiger partial charge in [-0.1, -0.05) is 13.8 Å². The van der Waals surface area contributed by atoms with Gasteiger partial charge >= 0.3 is 5.97 Å². The number of fused-ring (bicyclic) bond motifs is 3. The molecule has 2 aromatic heterocycles. The van der Waals surface area contributed by atoms with E-state index in [9.17, 15) is 9.59 Å². The van der Waals surface area contributed by atoms with E-state index in [1.807, 2.05) is 13.8 Å². The minimum absolute atomic E-state index is 0.0763. The quantitative estimate of drug-likeness (QED) is 0.807. The summed E-state index contributed by atoms with van der Waals surface area (Å²) in [6, 6.07) is 0. The van der Waals surface area contributed by atoms with Crippen LogP contribution in [0.2, 0.25) is 0 Å². The highest BCUT2D eigenvalue weighted by molar-refractivity contribution is 7.18. The van der Waals surface area contributed by atoms with Gasteiger partial charge in [0.2, 0.25) is 0 Å². The Hall–Kier alpha value is -1.69. The predicted octanol–water partition coefficient (Wildman–Crippen LogP) is 2.92. The van der Waals surface area contributed by atoms with E-state index in [-0.39, 0.29) is 24.2 Å². The van der Waals surface area contributed by atoms with Crippen molar-refractivity contribution in [3.63, 3.8) is 0 Å². The fraction of sp³-hybridized carbons (Fsp3) is 0.588. The molecule has 0 saturated carbocycles. The van der Waals surface area contributed by atoms with Gasteiger partial charge in [0.05, 0.1) is 17.8 Å². The van der Waals surface area contributed by atoms with E-state index in [0.717, 1.165) is 36.1 Å². The third-order valence-corrected chi connectivity index (χ3v) is 5.65. The number of ether oxygens (including phenoxy) is 1. The van der Waals surface area contributed by atoms with E-state index in [2.05, 4.69) is 11.9 Å². The smallest absolute Gasteiger partial charge is 0.326 e. The molecule has 0 aromatic carbocycles. The van der Waals surface area contributed by atoms with Crippen molar-refractivity contribution in [1.82, 2.24) is 9.55 Å².